The molecule has 1 amide bonds. The van der Waals surface area contributed by atoms with E-state index in [9.17, 15) is 9.90 Å². The summed E-state index contributed by atoms with van der Waals surface area (Å²) < 4.78 is 10.6. The lowest BCUT2D eigenvalue weighted by Gasteiger charge is -2.32. The Hall–Kier alpha value is -1.75. The van der Waals surface area contributed by atoms with Crippen molar-refractivity contribution in [2.24, 2.45) is 0 Å². The molecule has 0 bridgehead atoms. The van der Waals surface area contributed by atoms with E-state index in [1.165, 1.54) is 0 Å². The number of hydrogen-bond acceptors (Lipinski definition) is 4. The molecule has 0 fully saturated rings. The predicted molar refractivity (Wildman–Crippen MR) is 90.9 cm³/mol. The molecule has 1 aromatic carbocycles. The molecule has 0 spiro atoms. The van der Waals surface area contributed by atoms with Crippen LogP contribution in [0, 0.1) is 0 Å². The van der Waals surface area contributed by atoms with Gasteiger partial charge in [0.15, 0.2) is 0 Å². The van der Waals surface area contributed by atoms with Gasteiger partial charge in [0.2, 0.25) is 0 Å². The molecule has 5 heteroatoms. The molecule has 0 radical (unpaired) electrons. The first-order valence-corrected chi connectivity index (χ1v) is 8.12. The van der Waals surface area contributed by atoms with Crippen molar-refractivity contribution in [3.8, 4) is 5.75 Å². The van der Waals surface area contributed by atoms with Gasteiger partial charge in [0.1, 0.15) is 11.4 Å². The Kier molecular flexibility index (Phi) is 6.88. The van der Waals surface area contributed by atoms with Gasteiger partial charge in [-0.2, -0.15) is 0 Å². The monoisotopic (exact) mass is 323 g/mol. The number of benzene rings is 1. The number of nitrogens with one attached hydrogen (secondary N) is 1. The van der Waals surface area contributed by atoms with E-state index in [1.807, 2.05) is 52.8 Å². The van der Waals surface area contributed by atoms with E-state index in [4.69, 9.17) is 9.47 Å². The Morgan fingerprint density at radius 1 is 1.26 bits per heavy atom. The van der Waals surface area contributed by atoms with Gasteiger partial charge in [0.05, 0.1) is 19.3 Å². The van der Waals surface area contributed by atoms with Crippen molar-refractivity contribution in [2.45, 2.75) is 65.2 Å². The number of alkyl carbamates (subject to hydrolysis) is 1. The number of carbonyl (C=O) groups excluding carboxylic acids is 1. The van der Waals surface area contributed by atoms with Gasteiger partial charge in [-0.05, 0) is 38.8 Å². The smallest absolute Gasteiger partial charge is 0.407 e. The number of methoxy groups -OCH3 is 1. The quantitative estimate of drug-likeness (QED) is 0.878. The van der Waals surface area contributed by atoms with Crippen LogP contribution in [0.1, 0.15) is 45.7 Å². The van der Waals surface area contributed by atoms with Gasteiger partial charge in [-0.3, -0.25) is 0 Å². The molecule has 5 nitrogen and oxygen atoms in total. The summed E-state index contributed by atoms with van der Waals surface area (Å²) in [4.78, 5) is 11.8. The molecule has 0 aromatic heterocycles. The molecule has 2 atom stereocenters. The zero-order valence-electron chi connectivity index (χ0n) is 15.0. The van der Waals surface area contributed by atoms with Crippen molar-refractivity contribution < 1.29 is 19.4 Å². The van der Waals surface area contributed by atoms with E-state index in [0.717, 1.165) is 16.9 Å². The number of carbonyl (C=O) groups is 1. The van der Waals surface area contributed by atoms with Gasteiger partial charge in [-0.25, -0.2) is 4.79 Å². The Balaban J connectivity index is 0.00000127. The number of amides is 1. The zero-order chi connectivity index (χ0) is 17.6. The minimum Gasteiger partial charge on any atom is -0.496 e. The minimum absolute atomic E-state index is 0.348. The second-order valence-corrected chi connectivity index (χ2v) is 6.33. The number of hydrogen-bond donors (Lipinski definition) is 2. The van der Waals surface area contributed by atoms with Crippen LogP contribution in [0.5, 0.6) is 5.75 Å². The predicted octanol–water partition coefficient (Wildman–Crippen LogP) is 3.07. The van der Waals surface area contributed by atoms with Crippen molar-refractivity contribution in [1.29, 1.82) is 0 Å². The summed E-state index contributed by atoms with van der Waals surface area (Å²) in [5, 5.41) is 13.0. The van der Waals surface area contributed by atoms with Gasteiger partial charge in [0, 0.05) is 12.0 Å². The van der Waals surface area contributed by atoms with Crippen LogP contribution >= 0.6 is 0 Å². The highest BCUT2D eigenvalue weighted by Crippen LogP contribution is 2.29. The molecule has 0 heterocycles. The number of ether oxygens (including phenoxy) is 2. The lowest BCUT2D eigenvalue weighted by Crippen LogP contribution is -2.49. The Morgan fingerprint density at radius 2 is 1.91 bits per heavy atom. The van der Waals surface area contributed by atoms with Crippen molar-refractivity contribution in [3.05, 3.63) is 29.3 Å². The molecule has 0 saturated heterocycles. The average molecular weight is 323 g/mol. The van der Waals surface area contributed by atoms with Crippen LogP contribution in [0.2, 0.25) is 0 Å². The maximum Gasteiger partial charge on any atom is 0.407 e. The summed E-state index contributed by atoms with van der Waals surface area (Å²) in [6.45, 7) is 9.43. The van der Waals surface area contributed by atoms with E-state index in [0.29, 0.717) is 12.8 Å². The fraction of sp³-hybridized carbons (Fsp3) is 0.611. The van der Waals surface area contributed by atoms with E-state index in [2.05, 4.69) is 5.32 Å². The highest BCUT2D eigenvalue weighted by Gasteiger charge is 2.31. The first kappa shape index (κ1) is 19.3. The molecule has 1 aromatic rings. The van der Waals surface area contributed by atoms with Crippen molar-refractivity contribution >= 4 is 6.09 Å². The number of aliphatic hydroxyl groups excluding tert-OH is 1. The van der Waals surface area contributed by atoms with Crippen molar-refractivity contribution in [3.63, 3.8) is 0 Å². The van der Waals surface area contributed by atoms with Crippen molar-refractivity contribution in [2.75, 3.05) is 7.11 Å². The molecule has 0 aliphatic heterocycles. The van der Waals surface area contributed by atoms with Gasteiger partial charge in [-0.15, -0.1) is 0 Å². The van der Waals surface area contributed by atoms with Crippen molar-refractivity contribution in [1.82, 2.24) is 5.32 Å². The molecule has 1 aliphatic carbocycles. The van der Waals surface area contributed by atoms with Crippen LogP contribution in [0.3, 0.4) is 0 Å². The maximum atomic E-state index is 11.8. The second-order valence-electron chi connectivity index (χ2n) is 6.33. The van der Waals surface area contributed by atoms with Crippen LogP contribution in [0.15, 0.2) is 18.2 Å². The largest absolute Gasteiger partial charge is 0.496 e. The Labute approximate surface area is 139 Å². The summed E-state index contributed by atoms with van der Waals surface area (Å²) in [6.07, 6.45) is -0.133. The third-order valence-corrected chi connectivity index (χ3v) is 3.47. The topological polar surface area (TPSA) is 67.8 Å². The van der Waals surface area contributed by atoms with Gasteiger partial charge >= 0.3 is 6.09 Å². The molecule has 130 valence electrons. The molecular weight excluding hydrogens is 294 g/mol. The lowest BCUT2D eigenvalue weighted by molar-refractivity contribution is 0.0412. The second kappa shape index (κ2) is 8.20. The minimum atomic E-state index is -0.652. The Morgan fingerprint density at radius 3 is 2.48 bits per heavy atom. The summed E-state index contributed by atoms with van der Waals surface area (Å²) in [6, 6.07) is 5.44. The molecule has 0 saturated carbocycles. The first-order valence-electron chi connectivity index (χ1n) is 8.12. The maximum absolute atomic E-state index is 11.8. The molecular formula is C18H29NO4. The fourth-order valence-electron chi connectivity index (χ4n) is 2.56. The van der Waals surface area contributed by atoms with Crippen LogP contribution < -0.4 is 10.1 Å². The molecule has 23 heavy (non-hydrogen) atoms. The third-order valence-electron chi connectivity index (χ3n) is 3.47. The number of fused-ring (bicyclic) bond motifs is 1. The summed E-state index contributed by atoms with van der Waals surface area (Å²) in [5.41, 5.74) is 1.54. The summed E-state index contributed by atoms with van der Waals surface area (Å²) in [7, 11) is 1.62. The van der Waals surface area contributed by atoms with Gasteiger partial charge < -0.3 is 19.9 Å². The van der Waals surface area contributed by atoms with Crippen LogP contribution in [0.4, 0.5) is 4.79 Å². The molecule has 1 unspecified atom stereocenters. The van der Waals surface area contributed by atoms with E-state index in [1.54, 1.807) is 7.11 Å². The normalized spacial score (nSPS) is 19.8. The van der Waals surface area contributed by atoms with E-state index < -0.39 is 17.8 Å². The van der Waals surface area contributed by atoms with Gasteiger partial charge in [-0.1, -0.05) is 26.0 Å². The lowest BCUT2D eigenvalue weighted by atomic mass is 9.85. The number of aliphatic hydroxyl groups is 1. The SMILES string of the molecule is CC.COc1cccc2c1C[C@@H](O)C(NC(=O)OC(C)(C)C)C2. The average Bonchev–Trinajstić information content (AvgIpc) is 2.47. The summed E-state index contributed by atoms with van der Waals surface area (Å²) in [5.74, 6) is 0.780. The molecule has 1 aliphatic rings. The highest BCUT2D eigenvalue weighted by molar-refractivity contribution is 5.68. The first-order chi connectivity index (χ1) is 10.8. The fourth-order valence-corrected chi connectivity index (χ4v) is 2.56. The van der Waals surface area contributed by atoms with Crippen LogP contribution in [-0.4, -0.2) is 36.1 Å². The van der Waals surface area contributed by atoms with Crippen LogP contribution in [-0.2, 0) is 17.6 Å². The van der Waals surface area contributed by atoms with E-state index >= 15 is 0 Å². The Bertz CT molecular complexity index is 522. The highest BCUT2D eigenvalue weighted by atomic mass is 16.6. The van der Waals surface area contributed by atoms with E-state index in [-0.39, 0.29) is 6.04 Å². The third kappa shape index (κ3) is 5.43. The molecule has 2 rings (SSSR count). The summed E-state index contributed by atoms with van der Waals surface area (Å²) >= 11 is 0. The number of rotatable bonds is 2. The zero-order valence-corrected chi connectivity index (χ0v) is 15.0. The van der Waals surface area contributed by atoms with Gasteiger partial charge in [0.25, 0.3) is 0 Å². The van der Waals surface area contributed by atoms with Crippen LogP contribution in [0.25, 0.3) is 0 Å². The standard InChI is InChI=1S/C16H23NO4.C2H6/c1-16(2,3)21-15(19)17-12-8-10-6-5-7-14(20-4)11(10)9-13(12)18;1-2/h5-7,12-13,18H,8-9H2,1-4H3,(H,17,19);1-2H3/t12?,13-;/m1./s1. The molecule has 2 N–H and O–H groups in total.